The van der Waals surface area contributed by atoms with E-state index in [4.69, 9.17) is 9.84 Å². The van der Waals surface area contributed by atoms with E-state index in [-0.39, 0.29) is 5.56 Å². The molecule has 0 amide bonds. The van der Waals surface area contributed by atoms with Crippen molar-refractivity contribution in [1.29, 1.82) is 0 Å². The van der Waals surface area contributed by atoms with Crippen LogP contribution in [0.2, 0.25) is 0 Å². The van der Waals surface area contributed by atoms with Gasteiger partial charge in [-0.05, 0) is 30.7 Å². The van der Waals surface area contributed by atoms with Crippen LogP contribution in [-0.2, 0) is 4.74 Å². The highest BCUT2D eigenvalue weighted by Crippen LogP contribution is 2.17. The summed E-state index contributed by atoms with van der Waals surface area (Å²) < 4.78 is 4.98. The summed E-state index contributed by atoms with van der Waals surface area (Å²) in [6.07, 6.45) is 2.35. The number of anilines is 3. The van der Waals surface area contributed by atoms with E-state index in [1.54, 1.807) is 25.3 Å². The van der Waals surface area contributed by atoms with Gasteiger partial charge in [0.25, 0.3) is 0 Å². The number of methoxy groups -OCH3 is 1. The molecule has 0 spiro atoms. The molecule has 1 heterocycles. The van der Waals surface area contributed by atoms with Crippen molar-refractivity contribution in [3.05, 3.63) is 42.2 Å². The minimum atomic E-state index is -0.948. The second kappa shape index (κ2) is 7.94. The lowest BCUT2D eigenvalue weighted by Gasteiger charge is -2.08. The summed E-state index contributed by atoms with van der Waals surface area (Å²) in [5.74, 6) is 0.402. The van der Waals surface area contributed by atoms with Crippen molar-refractivity contribution in [2.75, 3.05) is 30.9 Å². The van der Waals surface area contributed by atoms with E-state index in [0.717, 1.165) is 24.5 Å². The van der Waals surface area contributed by atoms with E-state index in [9.17, 15) is 4.79 Å². The molecule has 0 aliphatic heterocycles. The minimum Gasteiger partial charge on any atom is -0.478 e. The molecule has 7 heteroatoms. The predicted molar refractivity (Wildman–Crippen MR) is 83.7 cm³/mol. The third-order valence-corrected chi connectivity index (χ3v) is 2.90. The van der Waals surface area contributed by atoms with Crippen LogP contribution in [0.3, 0.4) is 0 Å². The van der Waals surface area contributed by atoms with E-state index < -0.39 is 5.97 Å². The Morgan fingerprint density at radius 1 is 1.23 bits per heavy atom. The smallest absolute Gasteiger partial charge is 0.335 e. The number of carbonyl (C=O) groups is 1. The van der Waals surface area contributed by atoms with E-state index >= 15 is 0 Å². The first kappa shape index (κ1) is 15.7. The number of nitrogens with one attached hydrogen (secondary N) is 2. The number of aromatic nitrogens is 2. The standard InChI is InChI=1S/C15H18N4O3/c1-22-8-2-7-16-13-9-14(18-10-17-13)19-12-5-3-11(4-6-12)15(20)21/h3-6,9-10H,2,7-8H2,1H3,(H,20,21)(H2,16,17,18,19). The Labute approximate surface area is 128 Å². The number of carboxylic acid groups (broad SMARTS) is 1. The molecule has 0 bridgehead atoms. The van der Waals surface area contributed by atoms with Crippen LogP contribution in [-0.4, -0.2) is 41.3 Å². The Kier molecular flexibility index (Phi) is 5.67. The first-order chi connectivity index (χ1) is 10.7. The van der Waals surface area contributed by atoms with E-state index in [2.05, 4.69) is 20.6 Å². The zero-order valence-electron chi connectivity index (χ0n) is 12.2. The van der Waals surface area contributed by atoms with Crippen LogP contribution in [0.15, 0.2) is 36.7 Å². The van der Waals surface area contributed by atoms with Crippen LogP contribution in [0.4, 0.5) is 17.3 Å². The van der Waals surface area contributed by atoms with E-state index in [1.807, 2.05) is 0 Å². The predicted octanol–water partition coefficient (Wildman–Crippen LogP) is 2.37. The average Bonchev–Trinajstić information content (AvgIpc) is 2.52. The molecule has 0 radical (unpaired) electrons. The minimum absolute atomic E-state index is 0.244. The van der Waals surface area contributed by atoms with E-state index in [1.165, 1.54) is 18.5 Å². The highest BCUT2D eigenvalue weighted by Gasteiger charge is 2.03. The highest BCUT2D eigenvalue weighted by molar-refractivity contribution is 5.88. The largest absolute Gasteiger partial charge is 0.478 e. The summed E-state index contributed by atoms with van der Waals surface area (Å²) in [5, 5.41) is 15.1. The van der Waals surface area contributed by atoms with Gasteiger partial charge in [-0.2, -0.15) is 0 Å². The molecule has 0 saturated heterocycles. The molecule has 116 valence electrons. The fourth-order valence-electron chi connectivity index (χ4n) is 1.80. The summed E-state index contributed by atoms with van der Waals surface area (Å²) in [6.45, 7) is 1.46. The van der Waals surface area contributed by atoms with Crippen molar-refractivity contribution in [3.63, 3.8) is 0 Å². The normalized spacial score (nSPS) is 10.2. The van der Waals surface area contributed by atoms with Gasteiger partial charge in [0.05, 0.1) is 5.56 Å². The van der Waals surface area contributed by atoms with Gasteiger partial charge in [-0.1, -0.05) is 0 Å². The maximum absolute atomic E-state index is 10.8. The number of nitrogens with zero attached hydrogens (tertiary/aromatic N) is 2. The molecule has 22 heavy (non-hydrogen) atoms. The fourth-order valence-corrected chi connectivity index (χ4v) is 1.80. The Morgan fingerprint density at radius 2 is 1.95 bits per heavy atom. The second-order valence-electron chi connectivity index (χ2n) is 4.57. The summed E-state index contributed by atoms with van der Waals surface area (Å²) in [6, 6.07) is 8.25. The number of ether oxygens (including phenoxy) is 1. The van der Waals surface area contributed by atoms with Crippen LogP contribution in [0.25, 0.3) is 0 Å². The van der Waals surface area contributed by atoms with Gasteiger partial charge in [0.2, 0.25) is 0 Å². The van der Waals surface area contributed by atoms with Gasteiger partial charge < -0.3 is 20.5 Å². The number of hydrogen-bond donors (Lipinski definition) is 3. The van der Waals surface area contributed by atoms with Gasteiger partial charge in [-0.25, -0.2) is 14.8 Å². The molecule has 0 fully saturated rings. The second-order valence-corrected chi connectivity index (χ2v) is 4.57. The van der Waals surface area contributed by atoms with Crippen molar-refractivity contribution < 1.29 is 14.6 Å². The molecular weight excluding hydrogens is 284 g/mol. The molecule has 0 unspecified atom stereocenters. The van der Waals surface area contributed by atoms with Crippen molar-refractivity contribution in [2.45, 2.75) is 6.42 Å². The number of rotatable bonds is 8. The SMILES string of the molecule is COCCCNc1cc(Nc2ccc(C(=O)O)cc2)ncn1. The molecule has 1 aromatic heterocycles. The van der Waals surface area contributed by atoms with Crippen LogP contribution in [0.5, 0.6) is 0 Å². The van der Waals surface area contributed by atoms with Crippen molar-refractivity contribution in [3.8, 4) is 0 Å². The Balaban J connectivity index is 1.96. The zero-order chi connectivity index (χ0) is 15.8. The molecule has 0 aliphatic rings. The van der Waals surface area contributed by atoms with Gasteiger partial charge in [-0.15, -0.1) is 0 Å². The molecular formula is C15H18N4O3. The third-order valence-electron chi connectivity index (χ3n) is 2.90. The summed E-state index contributed by atoms with van der Waals surface area (Å²) >= 11 is 0. The average molecular weight is 302 g/mol. The highest BCUT2D eigenvalue weighted by atomic mass is 16.5. The summed E-state index contributed by atoms with van der Waals surface area (Å²) in [5.41, 5.74) is 1.00. The van der Waals surface area contributed by atoms with Gasteiger partial charge in [0, 0.05) is 32.0 Å². The van der Waals surface area contributed by atoms with Crippen LogP contribution < -0.4 is 10.6 Å². The first-order valence-electron chi connectivity index (χ1n) is 6.84. The molecule has 3 N–H and O–H groups in total. The Hall–Kier alpha value is -2.67. The molecule has 2 aromatic rings. The van der Waals surface area contributed by atoms with Crippen LogP contribution >= 0.6 is 0 Å². The molecule has 2 rings (SSSR count). The van der Waals surface area contributed by atoms with Crippen LogP contribution in [0.1, 0.15) is 16.8 Å². The quantitative estimate of drug-likeness (QED) is 0.644. The van der Waals surface area contributed by atoms with Crippen molar-refractivity contribution in [1.82, 2.24) is 9.97 Å². The Morgan fingerprint density at radius 3 is 2.64 bits per heavy atom. The van der Waals surface area contributed by atoms with Gasteiger partial charge >= 0.3 is 5.97 Å². The van der Waals surface area contributed by atoms with Gasteiger partial charge in [0.15, 0.2) is 0 Å². The lowest BCUT2D eigenvalue weighted by molar-refractivity contribution is 0.0697. The lowest BCUT2D eigenvalue weighted by atomic mass is 10.2. The van der Waals surface area contributed by atoms with Gasteiger partial charge in [-0.3, -0.25) is 0 Å². The van der Waals surface area contributed by atoms with Crippen LogP contribution in [0, 0.1) is 0 Å². The fraction of sp³-hybridized carbons (Fsp3) is 0.267. The monoisotopic (exact) mass is 302 g/mol. The third kappa shape index (κ3) is 4.71. The van der Waals surface area contributed by atoms with Crippen molar-refractivity contribution >= 4 is 23.3 Å². The van der Waals surface area contributed by atoms with Crippen molar-refractivity contribution in [2.24, 2.45) is 0 Å². The first-order valence-corrected chi connectivity index (χ1v) is 6.84. The maximum atomic E-state index is 10.8. The van der Waals surface area contributed by atoms with E-state index in [0.29, 0.717) is 12.4 Å². The number of benzene rings is 1. The molecule has 0 saturated carbocycles. The molecule has 0 atom stereocenters. The number of carboxylic acids is 1. The maximum Gasteiger partial charge on any atom is 0.335 e. The topological polar surface area (TPSA) is 96.4 Å². The van der Waals surface area contributed by atoms with Gasteiger partial charge in [0.1, 0.15) is 18.0 Å². The molecule has 0 aliphatic carbocycles. The number of aromatic carboxylic acids is 1. The Bertz CT molecular complexity index is 616. The lowest BCUT2D eigenvalue weighted by Crippen LogP contribution is -2.06. The molecule has 7 nitrogen and oxygen atoms in total. The number of hydrogen-bond acceptors (Lipinski definition) is 6. The summed E-state index contributed by atoms with van der Waals surface area (Å²) in [7, 11) is 1.67. The molecule has 1 aromatic carbocycles. The summed E-state index contributed by atoms with van der Waals surface area (Å²) in [4.78, 5) is 19.1. The zero-order valence-corrected chi connectivity index (χ0v) is 12.2.